The van der Waals surface area contributed by atoms with Gasteiger partial charge in [0.1, 0.15) is 0 Å². The topological polar surface area (TPSA) is 81.8 Å². The highest BCUT2D eigenvalue weighted by atomic mass is 19.4. The maximum absolute atomic E-state index is 13.2. The molecule has 0 atom stereocenters. The number of para-hydroxylation sites is 1. The zero-order valence-corrected chi connectivity index (χ0v) is 16.0. The summed E-state index contributed by atoms with van der Waals surface area (Å²) in [6, 6.07) is 11.5. The third kappa shape index (κ3) is 4.32. The maximum atomic E-state index is 13.2. The highest BCUT2D eigenvalue weighted by molar-refractivity contribution is 5.93. The molecule has 0 saturated heterocycles. The van der Waals surface area contributed by atoms with Gasteiger partial charge >= 0.3 is 6.18 Å². The van der Waals surface area contributed by atoms with Crippen LogP contribution in [0.25, 0.3) is 16.6 Å². The minimum Gasteiger partial charge on any atom is -0.324 e. The summed E-state index contributed by atoms with van der Waals surface area (Å²) in [5.74, 6) is -0.502. The summed E-state index contributed by atoms with van der Waals surface area (Å²) in [7, 11) is 0. The molecule has 7 nitrogen and oxygen atoms in total. The number of aryl methyl sites for hydroxylation is 1. The second kappa shape index (κ2) is 8.05. The van der Waals surface area contributed by atoms with Gasteiger partial charge in [-0.3, -0.25) is 14.3 Å². The maximum Gasteiger partial charge on any atom is 0.416 e. The van der Waals surface area contributed by atoms with Crippen LogP contribution in [0, 0.1) is 0 Å². The van der Waals surface area contributed by atoms with Gasteiger partial charge in [-0.15, -0.1) is 0 Å². The molecule has 158 valence electrons. The SMILES string of the molecule is O=C(CCn1ncc(=O)c2ccccc21)Nc1cc(C(F)(F)F)ccc1-n1cccn1. The van der Waals surface area contributed by atoms with Crippen LogP contribution in [-0.4, -0.2) is 25.5 Å². The number of carbonyl (C=O) groups excluding carboxylic acids is 1. The Bertz CT molecular complexity index is 1300. The molecule has 0 radical (unpaired) electrons. The molecule has 0 fully saturated rings. The van der Waals surface area contributed by atoms with Gasteiger partial charge < -0.3 is 5.32 Å². The third-order valence-electron chi connectivity index (χ3n) is 4.66. The second-order valence-corrected chi connectivity index (χ2v) is 6.73. The molecule has 31 heavy (non-hydrogen) atoms. The van der Waals surface area contributed by atoms with E-state index in [1.54, 1.807) is 36.5 Å². The lowest BCUT2D eigenvalue weighted by Crippen LogP contribution is -2.19. The second-order valence-electron chi connectivity index (χ2n) is 6.73. The van der Waals surface area contributed by atoms with Crippen LogP contribution in [0.1, 0.15) is 12.0 Å². The third-order valence-corrected chi connectivity index (χ3v) is 4.66. The van der Waals surface area contributed by atoms with Crippen LogP contribution in [-0.2, 0) is 17.5 Å². The fourth-order valence-corrected chi connectivity index (χ4v) is 3.18. The smallest absolute Gasteiger partial charge is 0.324 e. The van der Waals surface area contributed by atoms with Crippen molar-refractivity contribution in [1.29, 1.82) is 0 Å². The van der Waals surface area contributed by atoms with Gasteiger partial charge in [0.25, 0.3) is 0 Å². The normalized spacial score (nSPS) is 11.6. The molecule has 0 aliphatic carbocycles. The number of hydrogen-bond donors (Lipinski definition) is 1. The van der Waals surface area contributed by atoms with E-state index in [0.29, 0.717) is 16.6 Å². The number of carbonyl (C=O) groups is 1. The van der Waals surface area contributed by atoms with Gasteiger partial charge in [-0.05, 0) is 36.4 Å². The van der Waals surface area contributed by atoms with Gasteiger partial charge in [0.05, 0.1) is 35.2 Å². The van der Waals surface area contributed by atoms with Crippen LogP contribution in [0.3, 0.4) is 0 Å². The van der Waals surface area contributed by atoms with Crippen molar-refractivity contribution in [3.05, 3.63) is 82.9 Å². The van der Waals surface area contributed by atoms with Crippen LogP contribution in [0.2, 0.25) is 0 Å². The van der Waals surface area contributed by atoms with E-state index in [0.717, 1.165) is 12.1 Å². The van der Waals surface area contributed by atoms with Gasteiger partial charge in [0.2, 0.25) is 11.3 Å². The Hall–Kier alpha value is -3.95. The lowest BCUT2D eigenvalue weighted by atomic mass is 10.1. The summed E-state index contributed by atoms with van der Waals surface area (Å²) in [5, 5.41) is 11.1. The van der Waals surface area contributed by atoms with E-state index < -0.39 is 17.6 Å². The van der Waals surface area contributed by atoms with Crippen molar-refractivity contribution in [2.75, 3.05) is 5.32 Å². The quantitative estimate of drug-likeness (QED) is 0.527. The van der Waals surface area contributed by atoms with E-state index in [2.05, 4.69) is 15.5 Å². The lowest BCUT2D eigenvalue weighted by molar-refractivity contribution is -0.137. The summed E-state index contributed by atoms with van der Waals surface area (Å²) in [5.41, 5.74) is -0.255. The first-order chi connectivity index (χ1) is 14.8. The van der Waals surface area contributed by atoms with Crippen LogP contribution in [0.15, 0.2) is 71.9 Å². The number of alkyl halides is 3. The fourth-order valence-electron chi connectivity index (χ4n) is 3.18. The highest BCUT2D eigenvalue weighted by Crippen LogP contribution is 2.33. The predicted molar refractivity (Wildman–Crippen MR) is 108 cm³/mol. The molecule has 0 saturated carbocycles. The molecule has 0 unspecified atom stereocenters. The number of nitrogens with one attached hydrogen (secondary N) is 1. The van der Waals surface area contributed by atoms with Crippen molar-refractivity contribution in [3.63, 3.8) is 0 Å². The molecule has 1 N–H and O–H groups in total. The minimum absolute atomic E-state index is 0.0127. The summed E-state index contributed by atoms with van der Waals surface area (Å²) in [6.45, 7) is 0.142. The minimum atomic E-state index is -4.55. The summed E-state index contributed by atoms with van der Waals surface area (Å²) < 4.78 is 42.4. The Morgan fingerprint density at radius 2 is 1.87 bits per heavy atom. The monoisotopic (exact) mass is 427 g/mol. The highest BCUT2D eigenvalue weighted by Gasteiger charge is 2.31. The number of rotatable bonds is 5. The van der Waals surface area contributed by atoms with E-state index in [9.17, 15) is 22.8 Å². The van der Waals surface area contributed by atoms with Crippen molar-refractivity contribution < 1.29 is 18.0 Å². The molecule has 4 aromatic rings. The molecule has 0 aliphatic rings. The Kier molecular flexibility index (Phi) is 5.28. The first-order valence-corrected chi connectivity index (χ1v) is 9.29. The van der Waals surface area contributed by atoms with Crippen LogP contribution in [0.4, 0.5) is 18.9 Å². The molecule has 2 heterocycles. The van der Waals surface area contributed by atoms with Gasteiger partial charge in [-0.1, -0.05) is 12.1 Å². The van der Waals surface area contributed by atoms with E-state index in [-0.39, 0.29) is 24.1 Å². The lowest BCUT2D eigenvalue weighted by Gasteiger charge is -2.15. The van der Waals surface area contributed by atoms with Gasteiger partial charge in [0.15, 0.2) is 0 Å². The molecular formula is C21H16F3N5O2. The number of nitrogens with zero attached hydrogens (tertiary/aromatic N) is 4. The van der Waals surface area contributed by atoms with Crippen molar-refractivity contribution in [2.24, 2.45) is 0 Å². The molecule has 2 aromatic carbocycles. The number of aromatic nitrogens is 4. The average Bonchev–Trinajstić information content (AvgIpc) is 3.27. The van der Waals surface area contributed by atoms with E-state index in [4.69, 9.17) is 0 Å². The number of fused-ring (bicyclic) bond motifs is 1. The van der Waals surface area contributed by atoms with Gasteiger partial charge in [-0.25, -0.2) is 4.68 Å². The molecule has 10 heteroatoms. The largest absolute Gasteiger partial charge is 0.416 e. The molecule has 4 rings (SSSR count). The van der Waals surface area contributed by atoms with Crippen molar-refractivity contribution in [1.82, 2.24) is 19.6 Å². The Morgan fingerprint density at radius 1 is 1.06 bits per heavy atom. The Morgan fingerprint density at radius 3 is 2.61 bits per heavy atom. The number of amides is 1. The fraction of sp³-hybridized carbons (Fsp3) is 0.143. The standard InChI is InChI=1S/C21H16F3N5O2/c22-21(23,24)14-6-7-18(28-10-3-9-25-28)16(12-14)27-20(31)8-11-29-17-5-2-1-4-15(17)19(30)13-26-29/h1-7,9-10,12-13H,8,11H2,(H,27,31). The van der Waals surface area contributed by atoms with Gasteiger partial charge in [0, 0.05) is 24.2 Å². The Labute approximate surface area is 173 Å². The number of benzene rings is 2. The van der Waals surface area contributed by atoms with Gasteiger partial charge in [-0.2, -0.15) is 23.4 Å². The van der Waals surface area contributed by atoms with Crippen molar-refractivity contribution in [2.45, 2.75) is 19.1 Å². The van der Waals surface area contributed by atoms with Crippen molar-refractivity contribution in [3.8, 4) is 5.69 Å². The molecular weight excluding hydrogens is 411 g/mol. The first kappa shape index (κ1) is 20.3. The van der Waals surface area contributed by atoms with Crippen molar-refractivity contribution >= 4 is 22.5 Å². The first-order valence-electron chi connectivity index (χ1n) is 9.29. The molecule has 2 aromatic heterocycles. The summed E-state index contributed by atoms with van der Waals surface area (Å²) in [6.07, 6.45) is -0.399. The molecule has 0 spiro atoms. The zero-order valence-electron chi connectivity index (χ0n) is 16.0. The molecule has 0 aliphatic heterocycles. The van der Waals surface area contributed by atoms with Crippen LogP contribution in [0.5, 0.6) is 0 Å². The number of anilines is 1. The average molecular weight is 427 g/mol. The van der Waals surface area contributed by atoms with E-state index >= 15 is 0 Å². The van der Waals surface area contributed by atoms with E-state index in [1.807, 2.05) is 0 Å². The predicted octanol–water partition coefficient (Wildman–Crippen LogP) is 3.63. The van der Waals surface area contributed by atoms with E-state index in [1.165, 1.54) is 27.8 Å². The van der Waals surface area contributed by atoms with Crippen LogP contribution < -0.4 is 10.7 Å². The van der Waals surface area contributed by atoms with Crippen LogP contribution >= 0.6 is 0 Å². The molecule has 0 bridgehead atoms. The molecule has 1 amide bonds. The number of hydrogen-bond acceptors (Lipinski definition) is 4. The Balaban J connectivity index is 1.57. The zero-order chi connectivity index (χ0) is 22.0. The summed E-state index contributed by atoms with van der Waals surface area (Å²) >= 11 is 0. The number of halogens is 3. The summed E-state index contributed by atoms with van der Waals surface area (Å²) in [4.78, 5) is 24.5.